The third-order valence-corrected chi connectivity index (χ3v) is 5.13. The fraction of sp³-hybridized carbons (Fsp3) is 0.615. The molecule has 1 aliphatic heterocycles. The van der Waals surface area contributed by atoms with Gasteiger partial charge in [-0.15, -0.1) is 0 Å². The first-order valence-electron chi connectivity index (χ1n) is 6.77. The van der Waals surface area contributed by atoms with Crippen molar-refractivity contribution in [1.82, 2.24) is 9.71 Å². The van der Waals surface area contributed by atoms with E-state index in [0.717, 1.165) is 12.8 Å². The lowest BCUT2D eigenvalue weighted by Gasteiger charge is -2.28. The van der Waals surface area contributed by atoms with Gasteiger partial charge in [0.1, 0.15) is 0 Å². The molecule has 2 rings (SSSR count). The van der Waals surface area contributed by atoms with Crippen molar-refractivity contribution in [3.05, 3.63) is 18.3 Å². The average molecular weight is 299 g/mol. The number of hydrogen-bond acceptors (Lipinski definition) is 5. The molecule has 1 aliphatic rings. The first-order chi connectivity index (χ1) is 9.54. The molecule has 1 aromatic rings. The van der Waals surface area contributed by atoms with Gasteiger partial charge in [0.05, 0.1) is 5.69 Å². The Kier molecular flexibility index (Phi) is 4.95. The second-order valence-electron chi connectivity index (χ2n) is 4.97. The molecule has 1 fully saturated rings. The Morgan fingerprint density at radius 3 is 2.75 bits per heavy atom. The van der Waals surface area contributed by atoms with E-state index in [9.17, 15) is 8.42 Å². The molecule has 112 valence electrons. The summed E-state index contributed by atoms with van der Waals surface area (Å²) >= 11 is 0. The molecule has 0 aromatic carbocycles. The van der Waals surface area contributed by atoms with Gasteiger partial charge >= 0.3 is 0 Å². The van der Waals surface area contributed by atoms with E-state index in [1.807, 2.05) is 6.92 Å². The minimum Gasteiger partial charge on any atom is -0.386 e. The van der Waals surface area contributed by atoms with E-state index in [1.165, 1.54) is 6.20 Å². The number of aromatic nitrogens is 1. The van der Waals surface area contributed by atoms with Gasteiger partial charge in [0, 0.05) is 32.5 Å². The minimum atomic E-state index is -3.62. The zero-order valence-corrected chi connectivity index (χ0v) is 12.6. The molecule has 20 heavy (non-hydrogen) atoms. The van der Waals surface area contributed by atoms with E-state index in [1.54, 1.807) is 19.2 Å². The number of rotatable bonds is 5. The molecular formula is C13H21N3O3S. The van der Waals surface area contributed by atoms with Crippen molar-refractivity contribution < 1.29 is 13.2 Å². The predicted octanol–water partition coefficient (Wildman–Crippen LogP) is 1.22. The van der Waals surface area contributed by atoms with Crippen LogP contribution in [0.25, 0.3) is 0 Å². The van der Waals surface area contributed by atoms with Gasteiger partial charge in [-0.05, 0) is 37.8 Å². The van der Waals surface area contributed by atoms with Crippen molar-refractivity contribution in [3.8, 4) is 0 Å². The summed E-state index contributed by atoms with van der Waals surface area (Å²) in [6.07, 6.45) is 3.24. The SMILES string of the molecule is CNc1cccnc1S(=O)(=O)NC(C)C1CCOCC1. The lowest BCUT2D eigenvalue weighted by molar-refractivity contribution is 0.0585. The number of pyridine rings is 1. The van der Waals surface area contributed by atoms with Gasteiger partial charge < -0.3 is 10.1 Å². The normalized spacial score (nSPS) is 18.7. The summed E-state index contributed by atoms with van der Waals surface area (Å²) in [6, 6.07) is 3.27. The minimum absolute atomic E-state index is 0.0430. The summed E-state index contributed by atoms with van der Waals surface area (Å²) in [5, 5.41) is 2.90. The zero-order valence-electron chi connectivity index (χ0n) is 11.8. The molecule has 1 saturated heterocycles. The standard InChI is InChI=1S/C13H21N3O3S/c1-10(11-5-8-19-9-6-11)16-20(17,18)13-12(14-2)4-3-7-15-13/h3-4,7,10-11,14,16H,5-6,8-9H2,1-2H3. The largest absolute Gasteiger partial charge is 0.386 e. The van der Waals surface area contributed by atoms with Crippen LogP contribution in [-0.2, 0) is 14.8 Å². The fourth-order valence-corrected chi connectivity index (χ4v) is 3.86. The molecule has 1 unspecified atom stereocenters. The maximum atomic E-state index is 12.4. The maximum Gasteiger partial charge on any atom is 0.260 e. The van der Waals surface area contributed by atoms with Crippen molar-refractivity contribution in [2.24, 2.45) is 5.92 Å². The molecule has 0 radical (unpaired) electrons. The van der Waals surface area contributed by atoms with Crippen molar-refractivity contribution in [2.75, 3.05) is 25.6 Å². The van der Waals surface area contributed by atoms with Crippen LogP contribution < -0.4 is 10.0 Å². The Balaban J connectivity index is 2.14. The summed E-state index contributed by atoms with van der Waals surface area (Å²) < 4.78 is 32.9. The third-order valence-electron chi connectivity index (χ3n) is 3.61. The summed E-state index contributed by atoms with van der Waals surface area (Å²) in [6.45, 7) is 3.29. The molecule has 1 atom stereocenters. The Morgan fingerprint density at radius 1 is 1.40 bits per heavy atom. The Morgan fingerprint density at radius 2 is 2.10 bits per heavy atom. The van der Waals surface area contributed by atoms with Gasteiger partial charge in [0.25, 0.3) is 10.0 Å². The highest BCUT2D eigenvalue weighted by Crippen LogP contribution is 2.22. The first-order valence-corrected chi connectivity index (χ1v) is 8.26. The molecule has 0 bridgehead atoms. The molecule has 0 saturated carbocycles. The van der Waals surface area contributed by atoms with Gasteiger partial charge in [-0.1, -0.05) is 0 Å². The molecular weight excluding hydrogens is 278 g/mol. The van der Waals surface area contributed by atoms with E-state index in [4.69, 9.17) is 4.74 Å². The molecule has 0 spiro atoms. The van der Waals surface area contributed by atoms with E-state index in [2.05, 4.69) is 15.0 Å². The Hall–Kier alpha value is -1.18. The summed E-state index contributed by atoms with van der Waals surface area (Å²) in [5.41, 5.74) is 0.499. The molecule has 2 N–H and O–H groups in total. The number of anilines is 1. The number of ether oxygens (including phenoxy) is 1. The van der Waals surface area contributed by atoms with Gasteiger partial charge in [0.2, 0.25) is 0 Å². The molecule has 7 heteroatoms. The van der Waals surface area contributed by atoms with Gasteiger partial charge in [0.15, 0.2) is 5.03 Å². The van der Waals surface area contributed by atoms with Crippen LogP contribution in [0, 0.1) is 5.92 Å². The van der Waals surface area contributed by atoms with Crippen LogP contribution in [0.2, 0.25) is 0 Å². The average Bonchev–Trinajstić information content (AvgIpc) is 2.47. The van der Waals surface area contributed by atoms with Gasteiger partial charge in [-0.2, -0.15) is 0 Å². The van der Waals surface area contributed by atoms with E-state index >= 15 is 0 Å². The molecule has 2 heterocycles. The van der Waals surface area contributed by atoms with Crippen molar-refractivity contribution >= 4 is 15.7 Å². The lowest BCUT2D eigenvalue weighted by Crippen LogP contribution is -2.40. The number of nitrogens with zero attached hydrogens (tertiary/aromatic N) is 1. The summed E-state index contributed by atoms with van der Waals surface area (Å²) in [7, 11) is -1.94. The Bertz CT molecular complexity index is 542. The van der Waals surface area contributed by atoms with Crippen LogP contribution in [0.1, 0.15) is 19.8 Å². The zero-order chi connectivity index (χ0) is 14.6. The summed E-state index contributed by atoms with van der Waals surface area (Å²) in [5.74, 6) is 0.306. The van der Waals surface area contributed by atoms with Crippen LogP contribution in [0.15, 0.2) is 23.4 Å². The van der Waals surface area contributed by atoms with Gasteiger partial charge in [-0.25, -0.2) is 18.1 Å². The second-order valence-corrected chi connectivity index (χ2v) is 6.60. The number of sulfonamides is 1. The highest BCUT2D eigenvalue weighted by atomic mass is 32.2. The topological polar surface area (TPSA) is 80.3 Å². The molecule has 0 aliphatic carbocycles. The van der Waals surface area contributed by atoms with Crippen molar-refractivity contribution in [2.45, 2.75) is 30.8 Å². The number of hydrogen-bond donors (Lipinski definition) is 2. The highest BCUT2D eigenvalue weighted by molar-refractivity contribution is 7.89. The monoisotopic (exact) mass is 299 g/mol. The van der Waals surface area contributed by atoms with Crippen LogP contribution in [0.4, 0.5) is 5.69 Å². The van der Waals surface area contributed by atoms with Crippen molar-refractivity contribution in [3.63, 3.8) is 0 Å². The van der Waals surface area contributed by atoms with Crippen LogP contribution in [0.3, 0.4) is 0 Å². The summed E-state index contributed by atoms with van der Waals surface area (Å²) in [4.78, 5) is 3.98. The third kappa shape index (κ3) is 3.47. The molecule has 6 nitrogen and oxygen atoms in total. The smallest absolute Gasteiger partial charge is 0.260 e. The number of nitrogens with one attached hydrogen (secondary N) is 2. The molecule has 1 aromatic heterocycles. The lowest BCUT2D eigenvalue weighted by atomic mass is 9.94. The van der Waals surface area contributed by atoms with Crippen LogP contribution in [-0.4, -0.2) is 39.7 Å². The first kappa shape index (κ1) is 15.2. The predicted molar refractivity (Wildman–Crippen MR) is 77.1 cm³/mol. The van der Waals surface area contributed by atoms with Crippen molar-refractivity contribution in [1.29, 1.82) is 0 Å². The Labute approximate surface area is 120 Å². The fourth-order valence-electron chi connectivity index (χ4n) is 2.41. The van der Waals surface area contributed by atoms with Crippen LogP contribution in [0.5, 0.6) is 0 Å². The molecule has 0 amide bonds. The quantitative estimate of drug-likeness (QED) is 0.854. The maximum absolute atomic E-state index is 12.4. The van der Waals surface area contributed by atoms with E-state index in [0.29, 0.717) is 24.8 Å². The van der Waals surface area contributed by atoms with Gasteiger partial charge in [-0.3, -0.25) is 0 Å². The second kappa shape index (κ2) is 6.51. The highest BCUT2D eigenvalue weighted by Gasteiger charge is 2.27. The van der Waals surface area contributed by atoms with E-state index < -0.39 is 10.0 Å². The van der Waals surface area contributed by atoms with Crippen LogP contribution >= 0.6 is 0 Å². The van der Waals surface area contributed by atoms with E-state index in [-0.39, 0.29) is 11.1 Å².